The number of nitrogens with one attached hydrogen (secondary N) is 1. The molecule has 0 aromatic carbocycles. The van der Waals surface area contributed by atoms with Crippen molar-refractivity contribution in [2.24, 2.45) is 0 Å². The van der Waals surface area contributed by atoms with E-state index in [1.807, 2.05) is 12.3 Å². The second-order valence-electron chi connectivity index (χ2n) is 8.75. The van der Waals surface area contributed by atoms with Crippen LogP contribution >= 0.6 is 12.2 Å². The van der Waals surface area contributed by atoms with Gasteiger partial charge in [0.1, 0.15) is 0 Å². The van der Waals surface area contributed by atoms with Crippen LogP contribution in [0.25, 0.3) is 0 Å². The molecule has 148 valence electrons. The van der Waals surface area contributed by atoms with Crippen LogP contribution in [0.15, 0.2) is 30.5 Å². The summed E-state index contributed by atoms with van der Waals surface area (Å²) in [5, 5.41) is 4.56. The lowest BCUT2D eigenvalue weighted by Gasteiger charge is -2.37. The van der Waals surface area contributed by atoms with Crippen molar-refractivity contribution in [3.05, 3.63) is 53.1 Å². The SMILES string of the molecule is Cc1cc([C@@H]2[C@H](c3ccccn3)NC(=S)N2C2CCCCC2)c(C)n1C1CC1. The fraction of sp³-hybridized carbons (Fsp3) is 0.565. The molecular formula is C23H30N4S. The number of hydrogen-bond acceptors (Lipinski definition) is 2. The lowest BCUT2D eigenvalue weighted by Crippen LogP contribution is -2.40. The maximum absolute atomic E-state index is 5.90. The molecule has 5 heteroatoms. The highest BCUT2D eigenvalue weighted by Crippen LogP contribution is 2.46. The average molecular weight is 395 g/mol. The van der Waals surface area contributed by atoms with Gasteiger partial charge in [-0.25, -0.2) is 0 Å². The Balaban J connectivity index is 1.59. The Bertz CT molecular complexity index is 864. The molecular weight excluding hydrogens is 364 g/mol. The van der Waals surface area contributed by atoms with Crippen molar-refractivity contribution in [1.29, 1.82) is 0 Å². The van der Waals surface area contributed by atoms with Crippen molar-refractivity contribution >= 4 is 17.3 Å². The minimum absolute atomic E-state index is 0.115. The first-order chi connectivity index (χ1) is 13.6. The third kappa shape index (κ3) is 3.04. The van der Waals surface area contributed by atoms with Gasteiger partial charge in [0.25, 0.3) is 0 Å². The molecule has 4 nitrogen and oxygen atoms in total. The summed E-state index contributed by atoms with van der Waals surface area (Å²) < 4.78 is 2.56. The van der Waals surface area contributed by atoms with Crippen molar-refractivity contribution in [2.45, 2.75) is 83.0 Å². The van der Waals surface area contributed by atoms with Gasteiger partial charge < -0.3 is 14.8 Å². The molecule has 1 saturated heterocycles. The number of aromatic nitrogens is 2. The first-order valence-corrected chi connectivity index (χ1v) is 11.2. The molecule has 1 aliphatic heterocycles. The molecule has 2 saturated carbocycles. The fourth-order valence-electron chi connectivity index (χ4n) is 5.45. The molecule has 2 aromatic heterocycles. The van der Waals surface area contributed by atoms with Gasteiger partial charge in [-0.15, -0.1) is 0 Å². The third-order valence-electron chi connectivity index (χ3n) is 6.86. The van der Waals surface area contributed by atoms with Crippen LogP contribution in [-0.2, 0) is 0 Å². The molecule has 1 N–H and O–H groups in total. The quantitative estimate of drug-likeness (QED) is 0.728. The van der Waals surface area contributed by atoms with E-state index in [0.29, 0.717) is 12.1 Å². The summed E-state index contributed by atoms with van der Waals surface area (Å²) in [6, 6.07) is 10.2. The molecule has 0 radical (unpaired) electrons. The topological polar surface area (TPSA) is 33.1 Å². The van der Waals surface area contributed by atoms with E-state index in [0.717, 1.165) is 10.8 Å². The average Bonchev–Trinajstić information content (AvgIpc) is 3.42. The number of aryl methyl sites for hydroxylation is 1. The van der Waals surface area contributed by atoms with E-state index in [1.54, 1.807) is 0 Å². The minimum atomic E-state index is 0.115. The summed E-state index contributed by atoms with van der Waals surface area (Å²) in [6.07, 6.45) is 11.0. The molecule has 2 aliphatic carbocycles. The summed E-state index contributed by atoms with van der Waals surface area (Å²) in [5.74, 6) is 0. The zero-order valence-electron chi connectivity index (χ0n) is 16.9. The molecule has 2 atom stereocenters. The molecule has 3 aliphatic rings. The predicted octanol–water partition coefficient (Wildman–Crippen LogP) is 5.14. The van der Waals surface area contributed by atoms with Crippen LogP contribution in [-0.4, -0.2) is 25.6 Å². The van der Waals surface area contributed by atoms with E-state index in [9.17, 15) is 0 Å². The Kier molecular flexibility index (Phi) is 4.66. The predicted molar refractivity (Wildman–Crippen MR) is 116 cm³/mol. The van der Waals surface area contributed by atoms with E-state index >= 15 is 0 Å². The molecule has 0 unspecified atom stereocenters. The number of hydrogen-bond donors (Lipinski definition) is 1. The summed E-state index contributed by atoms with van der Waals surface area (Å²) in [4.78, 5) is 7.24. The molecule has 3 heterocycles. The molecule has 0 bridgehead atoms. The lowest BCUT2D eigenvalue weighted by atomic mass is 9.90. The highest BCUT2D eigenvalue weighted by atomic mass is 32.1. The van der Waals surface area contributed by atoms with Gasteiger partial charge in [-0.05, 0) is 75.5 Å². The Hall–Kier alpha value is -1.88. The molecule has 0 amide bonds. The van der Waals surface area contributed by atoms with Gasteiger partial charge in [-0.3, -0.25) is 4.98 Å². The Morgan fingerprint density at radius 2 is 1.82 bits per heavy atom. The van der Waals surface area contributed by atoms with Gasteiger partial charge in [-0.2, -0.15) is 0 Å². The van der Waals surface area contributed by atoms with Gasteiger partial charge in [0, 0.05) is 29.7 Å². The van der Waals surface area contributed by atoms with Crippen molar-refractivity contribution in [3.8, 4) is 0 Å². The molecule has 28 heavy (non-hydrogen) atoms. The highest BCUT2D eigenvalue weighted by Gasteiger charge is 2.44. The van der Waals surface area contributed by atoms with E-state index in [2.05, 4.69) is 46.8 Å². The molecule has 0 spiro atoms. The third-order valence-corrected chi connectivity index (χ3v) is 7.19. The molecule has 5 rings (SSSR count). The van der Waals surface area contributed by atoms with Crippen LogP contribution in [0, 0.1) is 13.8 Å². The minimum Gasteiger partial charge on any atom is -0.352 e. The standard InChI is InChI=1S/C23H30N4S/c1-15-14-19(16(2)26(15)18-11-12-18)22-21(20-10-6-7-13-24-20)25-23(28)27(22)17-8-4-3-5-9-17/h6-7,10,13-14,17-18,21-22H,3-5,8-9,11-12H2,1-2H3,(H,25,28)/t21-,22+/m0/s1. The second-order valence-corrected chi connectivity index (χ2v) is 9.14. The van der Waals surface area contributed by atoms with Gasteiger partial charge >= 0.3 is 0 Å². The van der Waals surface area contributed by atoms with Crippen LogP contribution in [0.2, 0.25) is 0 Å². The Labute approximate surface area is 173 Å². The Morgan fingerprint density at radius 1 is 1.04 bits per heavy atom. The van der Waals surface area contributed by atoms with Crippen LogP contribution in [0.3, 0.4) is 0 Å². The fourth-order valence-corrected chi connectivity index (χ4v) is 5.84. The Morgan fingerprint density at radius 3 is 2.50 bits per heavy atom. The van der Waals surface area contributed by atoms with E-state index < -0.39 is 0 Å². The van der Waals surface area contributed by atoms with Gasteiger partial charge in [0.05, 0.1) is 17.8 Å². The van der Waals surface area contributed by atoms with E-state index in [1.165, 1.54) is 61.9 Å². The number of rotatable bonds is 4. The number of nitrogens with zero attached hydrogens (tertiary/aromatic N) is 3. The molecule has 2 aromatic rings. The van der Waals surface area contributed by atoms with Crippen LogP contribution in [0.1, 0.15) is 85.7 Å². The van der Waals surface area contributed by atoms with Gasteiger partial charge in [-0.1, -0.05) is 25.3 Å². The normalized spacial score (nSPS) is 25.9. The second kappa shape index (κ2) is 7.18. The summed E-state index contributed by atoms with van der Waals surface area (Å²) in [6.45, 7) is 4.56. The smallest absolute Gasteiger partial charge is 0.170 e. The lowest BCUT2D eigenvalue weighted by molar-refractivity contribution is 0.196. The maximum atomic E-state index is 5.90. The van der Waals surface area contributed by atoms with E-state index in [-0.39, 0.29) is 12.1 Å². The number of thiocarbonyl (C=S) groups is 1. The van der Waals surface area contributed by atoms with Crippen LogP contribution in [0.5, 0.6) is 0 Å². The maximum Gasteiger partial charge on any atom is 0.170 e. The zero-order valence-corrected chi connectivity index (χ0v) is 17.7. The summed E-state index contributed by atoms with van der Waals surface area (Å²) >= 11 is 5.90. The first-order valence-electron chi connectivity index (χ1n) is 10.8. The molecule has 3 fully saturated rings. The van der Waals surface area contributed by atoms with Gasteiger partial charge in [0.2, 0.25) is 0 Å². The van der Waals surface area contributed by atoms with Gasteiger partial charge in [0.15, 0.2) is 5.11 Å². The van der Waals surface area contributed by atoms with Crippen LogP contribution in [0.4, 0.5) is 0 Å². The first kappa shape index (κ1) is 18.2. The summed E-state index contributed by atoms with van der Waals surface area (Å²) in [7, 11) is 0. The van der Waals surface area contributed by atoms with Crippen molar-refractivity contribution in [2.75, 3.05) is 0 Å². The van der Waals surface area contributed by atoms with Crippen molar-refractivity contribution in [1.82, 2.24) is 19.8 Å². The number of pyridine rings is 1. The summed E-state index contributed by atoms with van der Waals surface area (Å²) in [5.41, 5.74) is 5.32. The zero-order chi connectivity index (χ0) is 19.3. The largest absolute Gasteiger partial charge is 0.352 e. The van der Waals surface area contributed by atoms with Crippen molar-refractivity contribution < 1.29 is 0 Å². The highest BCUT2D eigenvalue weighted by molar-refractivity contribution is 7.80. The van der Waals surface area contributed by atoms with Crippen LogP contribution < -0.4 is 5.32 Å². The monoisotopic (exact) mass is 394 g/mol. The van der Waals surface area contributed by atoms with E-state index in [4.69, 9.17) is 17.2 Å². The van der Waals surface area contributed by atoms with Crippen molar-refractivity contribution in [3.63, 3.8) is 0 Å².